The van der Waals surface area contributed by atoms with Crippen LogP contribution in [0.2, 0.25) is 0 Å². The third-order valence-electron chi connectivity index (χ3n) is 5.37. The van der Waals surface area contributed by atoms with E-state index in [0.29, 0.717) is 11.9 Å². The summed E-state index contributed by atoms with van der Waals surface area (Å²) in [6.45, 7) is 4.23. The molecule has 3 heterocycles. The SMILES string of the molecule is Cc1cnc(Nc2ccc(C3CCNCC3)nc2)nc1CCc1ccccc1. The lowest BCUT2D eigenvalue weighted by Gasteiger charge is -2.22. The first kappa shape index (κ1) is 18.6. The largest absolute Gasteiger partial charge is 0.323 e. The lowest BCUT2D eigenvalue weighted by atomic mass is 9.94. The van der Waals surface area contributed by atoms with Gasteiger partial charge in [0.05, 0.1) is 11.9 Å². The number of pyridine rings is 1. The van der Waals surface area contributed by atoms with Gasteiger partial charge in [-0.1, -0.05) is 30.3 Å². The molecular weight excluding hydrogens is 346 g/mol. The Morgan fingerprint density at radius 1 is 0.964 bits per heavy atom. The van der Waals surface area contributed by atoms with Gasteiger partial charge in [-0.15, -0.1) is 0 Å². The van der Waals surface area contributed by atoms with Crippen LogP contribution in [0, 0.1) is 6.92 Å². The second-order valence-electron chi connectivity index (χ2n) is 7.43. The molecule has 5 nitrogen and oxygen atoms in total. The van der Waals surface area contributed by atoms with E-state index in [1.165, 1.54) is 11.3 Å². The second-order valence-corrected chi connectivity index (χ2v) is 7.43. The Balaban J connectivity index is 1.41. The monoisotopic (exact) mass is 373 g/mol. The van der Waals surface area contributed by atoms with E-state index in [1.807, 2.05) is 18.5 Å². The van der Waals surface area contributed by atoms with Crippen LogP contribution in [-0.4, -0.2) is 28.0 Å². The summed E-state index contributed by atoms with van der Waals surface area (Å²) in [4.78, 5) is 13.8. The first-order valence-corrected chi connectivity index (χ1v) is 10.1. The number of rotatable bonds is 6. The molecule has 1 fully saturated rings. The average Bonchev–Trinajstić information content (AvgIpc) is 2.76. The summed E-state index contributed by atoms with van der Waals surface area (Å²) in [6.07, 6.45) is 7.98. The molecule has 1 aliphatic rings. The molecule has 1 aliphatic heterocycles. The predicted molar refractivity (Wildman–Crippen MR) is 113 cm³/mol. The van der Waals surface area contributed by atoms with Crippen molar-refractivity contribution in [1.29, 1.82) is 0 Å². The number of benzene rings is 1. The van der Waals surface area contributed by atoms with Gasteiger partial charge in [0, 0.05) is 23.5 Å². The molecule has 3 aromatic rings. The van der Waals surface area contributed by atoms with Crippen LogP contribution >= 0.6 is 0 Å². The molecule has 5 heteroatoms. The molecule has 0 atom stereocenters. The number of aromatic nitrogens is 3. The molecule has 2 N–H and O–H groups in total. The molecule has 144 valence electrons. The molecule has 0 saturated carbocycles. The summed E-state index contributed by atoms with van der Waals surface area (Å²) < 4.78 is 0. The Kier molecular flexibility index (Phi) is 5.92. The van der Waals surface area contributed by atoms with Crippen LogP contribution in [-0.2, 0) is 12.8 Å². The fourth-order valence-corrected chi connectivity index (χ4v) is 3.67. The van der Waals surface area contributed by atoms with Gasteiger partial charge in [0.25, 0.3) is 0 Å². The van der Waals surface area contributed by atoms with Gasteiger partial charge < -0.3 is 10.6 Å². The minimum atomic E-state index is 0.565. The Labute approximate surface area is 166 Å². The molecule has 1 aromatic carbocycles. The quantitative estimate of drug-likeness (QED) is 0.679. The Morgan fingerprint density at radius 3 is 2.54 bits per heavy atom. The molecule has 2 aromatic heterocycles. The van der Waals surface area contributed by atoms with E-state index >= 15 is 0 Å². The van der Waals surface area contributed by atoms with E-state index in [9.17, 15) is 0 Å². The van der Waals surface area contributed by atoms with Crippen LogP contribution in [0.3, 0.4) is 0 Å². The van der Waals surface area contributed by atoms with Gasteiger partial charge in [-0.3, -0.25) is 4.98 Å². The number of hydrogen-bond donors (Lipinski definition) is 2. The Hall–Kier alpha value is -2.79. The maximum absolute atomic E-state index is 4.74. The van der Waals surface area contributed by atoms with Crippen LogP contribution in [0.1, 0.15) is 41.3 Å². The fraction of sp³-hybridized carbons (Fsp3) is 0.348. The van der Waals surface area contributed by atoms with Crippen LogP contribution < -0.4 is 10.6 Å². The third kappa shape index (κ3) is 4.73. The molecule has 0 unspecified atom stereocenters. The van der Waals surface area contributed by atoms with Crippen molar-refractivity contribution in [2.45, 2.75) is 38.5 Å². The number of piperidine rings is 1. The summed E-state index contributed by atoms with van der Waals surface area (Å²) in [6, 6.07) is 14.7. The van der Waals surface area contributed by atoms with Crippen molar-refractivity contribution in [3.05, 3.63) is 77.4 Å². The van der Waals surface area contributed by atoms with Crippen molar-refractivity contribution in [3.8, 4) is 0 Å². The van der Waals surface area contributed by atoms with Crippen LogP contribution in [0.15, 0.2) is 54.9 Å². The highest BCUT2D eigenvalue weighted by Gasteiger charge is 2.16. The topological polar surface area (TPSA) is 62.7 Å². The summed E-state index contributed by atoms with van der Waals surface area (Å²) in [5.41, 5.74) is 5.64. The molecule has 0 amide bonds. The van der Waals surface area contributed by atoms with E-state index in [1.54, 1.807) is 0 Å². The first-order valence-electron chi connectivity index (χ1n) is 10.1. The van der Waals surface area contributed by atoms with Gasteiger partial charge in [-0.2, -0.15) is 0 Å². The number of aryl methyl sites for hydroxylation is 3. The van der Waals surface area contributed by atoms with Gasteiger partial charge in [0.15, 0.2) is 0 Å². The number of nitrogens with zero attached hydrogens (tertiary/aromatic N) is 3. The van der Waals surface area contributed by atoms with Crippen LogP contribution in [0.25, 0.3) is 0 Å². The normalized spacial score (nSPS) is 14.8. The minimum absolute atomic E-state index is 0.565. The van der Waals surface area contributed by atoms with Gasteiger partial charge in [0.2, 0.25) is 5.95 Å². The zero-order valence-electron chi connectivity index (χ0n) is 16.4. The zero-order chi connectivity index (χ0) is 19.2. The maximum atomic E-state index is 4.74. The Morgan fingerprint density at radius 2 is 1.79 bits per heavy atom. The van der Waals surface area contributed by atoms with E-state index in [4.69, 9.17) is 4.98 Å². The first-order chi connectivity index (χ1) is 13.8. The molecule has 0 bridgehead atoms. The zero-order valence-corrected chi connectivity index (χ0v) is 16.4. The second kappa shape index (κ2) is 8.93. The highest BCUT2D eigenvalue weighted by Crippen LogP contribution is 2.24. The highest BCUT2D eigenvalue weighted by molar-refractivity contribution is 5.52. The summed E-state index contributed by atoms with van der Waals surface area (Å²) >= 11 is 0. The maximum Gasteiger partial charge on any atom is 0.227 e. The average molecular weight is 374 g/mol. The lowest BCUT2D eigenvalue weighted by molar-refractivity contribution is 0.453. The van der Waals surface area contributed by atoms with Gasteiger partial charge in [0.1, 0.15) is 0 Å². The van der Waals surface area contributed by atoms with Crippen molar-refractivity contribution >= 4 is 11.6 Å². The van der Waals surface area contributed by atoms with Crippen molar-refractivity contribution in [2.75, 3.05) is 18.4 Å². The van der Waals surface area contributed by atoms with Crippen molar-refractivity contribution in [3.63, 3.8) is 0 Å². The molecular formula is C23H27N5. The van der Waals surface area contributed by atoms with Gasteiger partial charge in [-0.05, 0) is 69.0 Å². The van der Waals surface area contributed by atoms with Crippen molar-refractivity contribution in [2.24, 2.45) is 0 Å². The third-order valence-corrected chi connectivity index (χ3v) is 5.37. The van der Waals surface area contributed by atoms with Crippen LogP contribution in [0.4, 0.5) is 11.6 Å². The smallest absolute Gasteiger partial charge is 0.227 e. The summed E-state index contributed by atoms with van der Waals surface area (Å²) in [7, 11) is 0. The van der Waals surface area contributed by atoms with Crippen LogP contribution in [0.5, 0.6) is 0 Å². The molecule has 0 spiro atoms. The van der Waals surface area contributed by atoms with Gasteiger partial charge in [-0.25, -0.2) is 9.97 Å². The van der Waals surface area contributed by atoms with Crippen molar-refractivity contribution in [1.82, 2.24) is 20.3 Å². The van der Waals surface area contributed by atoms with E-state index in [2.05, 4.69) is 63.9 Å². The molecule has 1 saturated heterocycles. The molecule has 4 rings (SSSR count). The van der Waals surface area contributed by atoms with Crippen molar-refractivity contribution < 1.29 is 0 Å². The number of nitrogens with one attached hydrogen (secondary N) is 2. The fourth-order valence-electron chi connectivity index (χ4n) is 3.67. The van der Waals surface area contributed by atoms with E-state index in [0.717, 1.165) is 55.7 Å². The molecule has 28 heavy (non-hydrogen) atoms. The summed E-state index contributed by atoms with van der Waals surface area (Å²) in [5.74, 6) is 1.19. The molecule has 0 radical (unpaired) electrons. The predicted octanol–water partition coefficient (Wildman–Crippen LogP) is 4.18. The standard InChI is InChI=1S/C23H27N5/c1-17-15-26-23(28-21(17)9-7-18-5-3-2-4-6-18)27-20-8-10-22(25-16-20)19-11-13-24-14-12-19/h2-6,8,10,15-16,19,24H,7,9,11-14H2,1H3,(H,26,27,28). The van der Waals surface area contributed by atoms with E-state index < -0.39 is 0 Å². The van der Waals surface area contributed by atoms with Gasteiger partial charge >= 0.3 is 0 Å². The summed E-state index contributed by atoms with van der Waals surface area (Å²) in [5, 5.41) is 6.71. The number of hydrogen-bond acceptors (Lipinski definition) is 5. The number of anilines is 2. The highest BCUT2D eigenvalue weighted by atomic mass is 15.1. The lowest BCUT2D eigenvalue weighted by Crippen LogP contribution is -2.27. The molecule has 0 aliphatic carbocycles. The minimum Gasteiger partial charge on any atom is -0.323 e. The Bertz CT molecular complexity index is 887. The van der Waals surface area contributed by atoms with E-state index in [-0.39, 0.29) is 0 Å².